The molecule has 0 aromatic rings. The van der Waals surface area contributed by atoms with Crippen molar-refractivity contribution in [2.45, 2.75) is 16.1 Å². The number of thiol groups is 2. The highest BCUT2D eigenvalue weighted by atomic mass is 32.1. The summed E-state index contributed by atoms with van der Waals surface area (Å²) in [5.74, 6) is -0.522. The molecule has 0 saturated carbocycles. The van der Waals surface area contributed by atoms with Gasteiger partial charge < -0.3 is 4.74 Å². The molecule has 1 aliphatic rings. The minimum atomic E-state index is -1.03. The lowest BCUT2D eigenvalue weighted by molar-refractivity contribution is 0.0928. The second-order valence-electron chi connectivity index (χ2n) is 3.23. The number of nitrogens with zero attached hydrogens (tertiary/aromatic N) is 2. The molecule has 3 atom stereocenters. The van der Waals surface area contributed by atoms with E-state index in [1.54, 1.807) is 12.2 Å². The number of hydrogen-bond donors (Lipinski definition) is 2. The quantitative estimate of drug-likeness (QED) is 0.405. The van der Waals surface area contributed by atoms with Gasteiger partial charge in [0, 0.05) is 13.5 Å². The summed E-state index contributed by atoms with van der Waals surface area (Å²) in [5.41, 5.74) is 0. The molecule has 0 heterocycles. The number of hydrogen-bond acceptors (Lipinski definition) is 5. The number of methoxy groups -OCH3 is 1. The van der Waals surface area contributed by atoms with Crippen LogP contribution in [0.1, 0.15) is 6.42 Å². The Morgan fingerprint density at radius 3 is 2.57 bits per heavy atom. The van der Waals surface area contributed by atoms with E-state index < -0.39 is 15.6 Å². The van der Waals surface area contributed by atoms with Crippen LogP contribution in [-0.2, 0) is 4.74 Å². The molecule has 0 fully saturated rings. The van der Waals surface area contributed by atoms with Crippen LogP contribution >= 0.6 is 25.3 Å². The molecule has 0 amide bonds. The molecule has 0 bridgehead atoms. The number of allylic oxidation sites excluding steroid dienone is 1. The Hall–Kier alpha value is -0.620. The van der Waals surface area contributed by atoms with Crippen molar-refractivity contribution >= 4 is 25.3 Å². The lowest BCUT2D eigenvalue weighted by atomic mass is 9.83. The van der Waals surface area contributed by atoms with Crippen molar-refractivity contribution in [1.82, 2.24) is 0 Å². The second-order valence-corrected chi connectivity index (χ2v) is 4.78. The Labute approximate surface area is 94.2 Å². The van der Waals surface area contributed by atoms with Crippen LogP contribution in [0.3, 0.4) is 0 Å². The van der Waals surface area contributed by atoms with E-state index in [0.29, 0.717) is 0 Å². The molecular formula is C9H10N2OS2. The fourth-order valence-electron chi connectivity index (χ4n) is 1.36. The van der Waals surface area contributed by atoms with E-state index in [4.69, 9.17) is 15.3 Å². The highest BCUT2D eigenvalue weighted by Gasteiger charge is 2.45. The lowest BCUT2D eigenvalue weighted by Crippen LogP contribution is -2.41. The van der Waals surface area contributed by atoms with Gasteiger partial charge >= 0.3 is 0 Å². The van der Waals surface area contributed by atoms with Gasteiger partial charge in [-0.25, -0.2) is 0 Å². The van der Waals surface area contributed by atoms with Crippen LogP contribution in [0.15, 0.2) is 12.2 Å². The van der Waals surface area contributed by atoms with Gasteiger partial charge in [0.05, 0.1) is 18.1 Å². The Morgan fingerprint density at radius 2 is 2.14 bits per heavy atom. The number of rotatable bonds is 1. The van der Waals surface area contributed by atoms with Gasteiger partial charge in [0.15, 0.2) is 0 Å². The largest absolute Gasteiger partial charge is 0.364 e. The third kappa shape index (κ3) is 1.90. The van der Waals surface area contributed by atoms with Crippen molar-refractivity contribution in [2.24, 2.45) is 5.92 Å². The third-order valence-corrected chi connectivity index (χ3v) is 3.30. The molecule has 3 nitrogen and oxygen atoms in total. The zero-order chi connectivity index (χ0) is 10.8. The first kappa shape index (κ1) is 11.5. The fourth-order valence-corrected chi connectivity index (χ4v) is 2.20. The molecule has 1 aliphatic carbocycles. The van der Waals surface area contributed by atoms with Crippen LogP contribution in [0.25, 0.3) is 0 Å². The fraction of sp³-hybridized carbons (Fsp3) is 0.556. The van der Waals surface area contributed by atoms with E-state index in [1.165, 1.54) is 7.11 Å². The van der Waals surface area contributed by atoms with Crippen molar-refractivity contribution in [3.05, 3.63) is 12.2 Å². The highest BCUT2D eigenvalue weighted by molar-refractivity contribution is 7.83. The van der Waals surface area contributed by atoms with E-state index in [-0.39, 0.29) is 6.42 Å². The maximum absolute atomic E-state index is 8.98. The Balaban J connectivity index is 3.07. The van der Waals surface area contributed by atoms with Crippen molar-refractivity contribution in [2.75, 3.05) is 7.11 Å². The van der Waals surface area contributed by atoms with Gasteiger partial charge in [0.1, 0.15) is 9.68 Å². The molecule has 5 heteroatoms. The topological polar surface area (TPSA) is 56.8 Å². The van der Waals surface area contributed by atoms with Crippen molar-refractivity contribution < 1.29 is 4.74 Å². The molecule has 0 saturated heterocycles. The summed E-state index contributed by atoms with van der Waals surface area (Å²) in [6, 6.07) is 4.06. The van der Waals surface area contributed by atoms with Crippen LogP contribution in [0, 0.1) is 28.6 Å². The normalized spacial score (nSPS) is 41.4. The summed E-state index contributed by atoms with van der Waals surface area (Å²) in [5, 5.41) is 17.8. The van der Waals surface area contributed by atoms with E-state index in [2.05, 4.69) is 25.3 Å². The van der Waals surface area contributed by atoms with Gasteiger partial charge in [-0.3, -0.25) is 0 Å². The zero-order valence-corrected chi connectivity index (χ0v) is 9.43. The van der Waals surface area contributed by atoms with Gasteiger partial charge in [0.2, 0.25) is 0 Å². The van der Waals surface area contributed by atoms with Gasteiger partial charge in [-0.1, -0.05) is 6.08 Å². The van der Waals surface area contributed by atoms with E-state index in [0.717, 1.165) is 0 Å². The number of nitriles is 2. The second kappa shape index (κ2) is 3.86. The molecule has 0 N–H and O–H groups in total. The summed E-state index contributed by atoms with van der Waals surface area (Å²) in [7, 11) is 1.51. The van der Waals surface area contributed by atoms with Crippen LogP contribution < -0.4 is 0 Å². The average Bonchev–Trinajstić information content (AvgIpc) is 2.18. The summed E-state index contributed by atoms with van der Waals surface area (Å²) in [4.78, 5) is -0.801. The number of ether oxygens (including phenoxy) is 1. The van der Waals surface area contributed by atoms with Gasteiger partial charge in [-0.2, -0.15) is 23.2 Å². The highest BCUT2D eigenvalue weighted by Crippen LogP contribution is 2.42. The first-order valence-corrected chi connectivity index (χ1v) is 4.89. The van der Waals surface area contributed by atoms with E-state index in [9.17, 15) is 0 Å². The standard InChI is InChI=1S/C9H10N2OS2/c1-12-9(14)3-2-7(4-10)8(13,5-9)6-11/h2-3,7,13-14H,5H2,1H3. The maximum atomic E-state index is 8.98. The summed E-state index contributed by atoms with van der Waals surface area (Å²) >= 11 is 8.51. The molecule has 1 rings (SSSR count). The van der Waals surface area contributed by atoms with Crippen molar-refractivity contribution in [3.8, 4) is 12.1 Å². The van der Waals surface area contributed by atoms with Crippen LogP contribution in [0.4, 0.5) is 0 Å². The summed E-state index contributed by atoms with van der Waals surface area (Å²) < 4.78 is 4.11. The molecule has 0 aromatic carbocycles. The first-order valence-electron chi connectivity index (χ1n) is 4.00. The van der Waals surface area contributed by atoms with Crippen LogP contribution in [0.2, 0.25) is 0 Å². The molecule has 0 radical (unpaired) electrons. The molecule has 74 valence electrons. The van der Waals surface area contributed by atoms with Crippen LogP contribution in [-0.4, -0.2) is 16.8 Å². The lowest BCUT2D eigenvalue weighted by Gasteiger charge is -2.36. The maximum Gasteiger partial charge on any atom is 0.131 e. The van der Waals surface area contributed by atoms with Crippen molar-refractivity contribution in [1.29, 1.82) is 10.5 Å². The Kier molecular flexibility index (Phi) is 3.16. The zero-order valence-electron chi connectivity index (χ0n) is 7.64. The molecule has 3 unspecified atom stereocenters. The minimum Gasteiger partial charge on any atom is -0.364 e. The Morgan fingerprint density at radius 1 is 1.50 bits per heavy atom. The minimum absolute atomic E-state index is 0.286. The molecule has 0 aliphatic heterocycles. The first-order chi connectivity index (χ1) is 6.49. The third-order valence-electron chi connectivity index (χ3n) is 2.27. The average molecular weight is 226 g/mol. The molecular weight excluding hydrogens is 216 g/mol. The monoisotopic (exact) mass is 226 g/mol. The summed E-state index contributed by atoms with van der Waals surface area (Å²) in [6.45, 7) is 0. The van der Waals surface area contributed by atoms with E-state index >= 15 is 0 Å². The molecule has 14 heavy (non-hydrogen) atoms. The summed E-state index contributed by atoms with van der Waals surface area (Å²) in [6.07, 6.45) is 3.60. The predicted octanol–water partition coefficient (Wildman–Crippen LogP) is 1.55. The van der Waals surface area contributed by atoms with Crippen molar-refractivity contribution in [3.63, 3.8) is 0 Å². The predicted molar refractivity (Wildman–Crippen MR) is 58.9 cm³/mol. The van der Waals surface area contributed by atoms with Gasteiger partial charge in [0.25, 0.3) is 0 Å². The van der Waals surface area contributed by atoms with Gasteiger partial charge in [-0.05, 0) is 6.08 Å². The van der Waals surface area contributed by atoms with Crippen LogP contribution in [0.5, 0.6) is 0 Å². The SMILES string of the molecule is COC1(S)C=CC(C#N)C(S)(C#N)C1. The Bertz CT molecular complexity index is 344. The van der Waals surface area contributed by atoms with Gasteiger partial charge in [-0.15, -0.1) is 12.6 Å². The molecule has 0 spiro atoms. The van der Waals surface area contributed by atoms with E-state index in [1.807, 2.05) is 12.1 Å². The molecule has 0 aromatic heterocycles. The smallest absolute Gasteiger partial charge is 0.131 e.